The van der Waals surface area contributed by atoms with Gasteiger partial charge in [0.1, 0.15) is 4.75 Å². The summed E-state index contributed by atoms with van der Waals surface area (Å²) in [6, 6.07) is 0. The third-order valence-electron chi connectivity index (χ3n) is 3.01. The van der Waals surface area contributed by atoms with E-state index in [-0.39, 0.29) is 10.7 Å². The van der Waals surface area contributed by atoms with Crippen molar-refractivity contribution >= 4 is 30.3 Å². The van der Waals surface area contributed by atoms with E-state index in [4.69, 9.17) is 0 Å². The minimum atomic E-state index is -0.295. The Morgan fingerprint density at radius 1 is 1.71 bits per heavy atom. The number of H-pyrrole nitrogens is 1. The molecule has 2 rings (SSSR count). The predicted octanol–water partition coefficient (Wildman–Crippen LogP) is 1.26. The van der Waals surface area contributed by atoms with Crippen LogP contribution in [0.25, 0.3) is 0 Å². The van der Waals surface area contributed by atoms with E-state index < -0.39 is 0 Å². The van der Waals surface area contributed by atoms with Crippen molar-refractivity contribution in [2.24, 2.45) is 0 Å². The van der Waals surface area contributed by atoms with Crippen LogP contribution in [-0.4, -0.2) is 38.7 Å². The van der Waals surface area contributed by atoms with Crippen molar-refractivity contribution in [3.63, 3.8) is 0 Å². The standard InChI is InChI=1S/C11H17N3OS2/c15-10(11(7-16)3-1-5-17-11)13-4-2-9-6-12-8-14-9/h6,8,16H,1-5,7H2,(H,12,14)(H,13,15)/t11-/m0/s1. The Balaban J connectivity index is 1.80. The van der Waals surface area contributed by atoms with E-state index in [1.165, 1.54) is 0 Å². The highest BCUT2D eigenvalue weighted by atomic mass is 32.2. The van der Waals surface area contributed by atoms with Crippen LogP contribution in [0.2, 0.25) is 0 Å². The van der Waals surface area contributed by atoms with E-state index in [1.54, 1.807) is 24.3 Å². The third kappa shape index (κ3) is 2.98. The second kappa shape index (κ2) is 5.82. The molecule has 0 unspecified atom stereocenters. The number of nitrogens with one attached hydrogen (secondary N) is 2. The number of hydrogen-bond acceptors (Lipinski definition) is 4. The monoisotopic (exact) mass is 271 g/mol. The van der Waals surface area contributed by atoms with Gasteiger partial charge >= 0.3 is 0 Å². The number of nitrogens with zero attached hydrogens (tertiary/aromatic N) is 1. The van der Waals surface area contributed by atoms with E-state index in [0.29, 0.717) is 12.3 Å². The molecular formula is C11H17N3OS2. The molecule has 1 amide bonds. The van der Waals surface area contributed by atoms with Crippen LogP contribution in [0, 0.1) is 0 Å². The lowest BCUT2D eigenvalue weighted by atomic mass is 10.0. The zero-order valence-electron chi connectivity index (χ0n) is 9.61. The van der Waals surface area contributed by atoms with Crippen LogP contribution in [-0.2, 0) is 11.2 Å². The maximum atomic E-state index is 12.1. The summed E-state index contributed by atoms with van der Waals surface area (Å²) in [5, 5.41) is 3.00. The molecule has 0 aromatic carbocycles. The number of carbonyl (C=O) groups is 1. The summed E-state index contributed by atoms with van der Waals surface area (Å²) >= 11 is 6.06. The second-order valence-corrected chi connectivity index (χ2v) is 5.98. The number of thioether (sulfide) groups is 1. The first-order valence-electron chi connectivity index (χ1n) is 5.77. The Kier molecular flexibility index (Phi) is 4.39. The number of amides is 1. The number of aromatic nitrogens is 2. The number of rotatable bonds is 5. The highest BCUT2D eigenvalue weighted by molar-refractivity contribution is 8.02. The molecule has 1 aliphatic rings. The fraction of sp³-hybridized carbons (Fsp3) is 0.636. The SMILES string of the molecule is O=C(NCCc1cnc[nH]1)[C@@]1(CS)CCCS1. The molecule has 2 heterocycles. The molecule has 4 nitrogen and oxygen atoms in total. The maximum Gasteiger partial charge on any atom is 0.237 e. The van der Waals surface area contributed by atoms with Crippen LogP contribution in [0.15, 0.2) is 12.5 Å². The van der Waals surface area contributed by atoms with Gasteiger partial charge in [0.05, 0.1) is 6.33 Å². The van der Waals surface area contributed by atoms with Gasteiger partial charge in [0.15, 0.2) is 0 Å². The molecule has 0 bridgehead atoms. The Labute approximate surface area is 111 Å². The van der Waals surface area contributed by atoms with Gasteiger partial charge < -0.3 is 10.3 Å². The molecule has 1 aliphatic heterocycles. The quantitative estimate of drug-likeness (QED) is 0.707. The highest BCUT2D eigenvalue weighted by Crippen LogP contribution is 2.39. The van der Waals surface area contributed by atoms with Crippen molar-refractivity contribution in [3.8, 4) is 0 Å². The first-order valence-corrected chi connectivity index (χ1v) is 7.39. The average molecular weight is 271 g/mol. The number of hydrogen-bond donors (Lipinski definition) is 3. The normalized spacial score (nSPS) is 23.8. The van der Waals surface area contributed by atoms with Crippen molar-refractivity contribution in [2.45, 2.75) is 24.0 Å². The van der Waals surface area contributed by atoms with Gasteiger partial charge in [-0.15, -0.1) is 11.8 Å². The third-order valence-corrected chi connectivity index (χ3v) is 5.34. The average Bonchev–Trinajstić information content (AvgIpc) is 3.00. The van der Waals surface area contributed by atoms with Crippen molar-refractivity contribution in [1.29, 1.82) is 0 Å². The summed E-state index contributed by atoms with van der Waals surface area (Å²) in [7, 11) is 0. The molecular weight excluding hydrogens is 254 g/mol. The van der Waals surface area contributed by atoms with Crippen LogP contribution >= 0.6 is 24.4 Å². The Morgan fingerprint density at radius 2 is 2.59 bits per heavy atom. The lowest BCUT2D eigenvalue weighted by Crippen LogP contribution is -2.44. The molecule has 1 aromatic heterocycles. The van der Waals surface area contributed by atoms with Gasteiger partial charge in [-0.05, 0) is 18.6 Å². The highest BCUT2D eigenvalue weighted by Gasteiger charge is 2.40. The molecule has 0 radical (unpaired) electrons. The molecule has 0 saturated carbocycles. The fourth-order valence-corrected chi connectivity index (χ4v) is 3.80. The first kappa shape index (κ1) is 12.8. The lowest BCUT2D eigenvalue weighted by Gasteiger charge is -2.24. The second-order valence-electron chi connectivity index (χ2n) is 4.19. The fourth-order valence-electron chi connectivity index (χ4n) is 1.97. The van der Waals surface area contributed by atoms with Crippen LogP contribution in [0.3, 0.4) is 0 Å². The van der Waals surface area contributed by atoms with Crippen molar-refractivity contribution in [1.82, 2.24) is 15.3 Å². The van der Waals surface area contributed by atoms with Gasteiger partial charge in [-0.3, -0.25) is 4.79 Å². The smallest absolute Gasteiger partial charge is 0.237 e. The van der Waals surface area contributed by atoms with Crippen LogP contribution in [0.1, 0.15) is 18.5 Å². The van der Waals surface area contributed by atoms with Gasteiger partial charge in [-0.25, -0.2) is 4.98 Å². The summed E-state index contributed by atoms with van der Waals surface area (Å²) in [5.74, 6) is 1.82. The molecule has 1 atom stereocenters. The van der Waals surface area contributed by atoms with Gasteiger partial charge in [0, 0.05) is 30.6 Å². The number of carbonyl (C=O) groups excluding carboxylic acids is 1. The summed E-state index contributed by atoms with van der Waals surface area (Å²) in [6.45, 7) is 0.650. The van der Waals surface area contributed by atoms with Crippen LogP contribution in [0.5, 0.6) is 0 Å². The minimum absolute atomic E-state index is 0.134. The number of aromatic amines is 1. The molecule has 6 heteroatoms. The van der Waals surface area contributed by atoms with Crippen molar-refractivity contribution in [3.05, 3.63) is 18.2 Å². The predicted molar refractivity (Wildman–Crippen MR) is 73.6 cm³/mol. The van der Waals surface area contributed by atoms with E-state index in [2.05, 4.69) is 27.9 Å². The number of imidazole rings is 1. The van der Waals surface area contributed by atoms with E-state index in [0.717, 1.165) is 30.7 Å². The summed E-state index contributed by atoms with van der Waals surface area (Å²) in [4.78, 5) is 19.1. The topological polar surface area (TPSA) is 57.8 Å². The molecule has 0 aliphatic carbocycles. The van der Waals surface area contributed by atoms with Gasteiger partial charge in [0.25, 0.3) is 0 Å². The minimum Gasteiger partial charge on any atom is -0.354 e. The van der Waals surface area contributed by atoms with E-state index >= 15 is 0 Å². The van der Waals surface area contributed by atoms with Gasteiger partial charge in [-0.2, -0.15) is 12.6 Å². The van der Waals surface area contributed by atoms with Crippen LogP contribution < -0.4 is 5.32 Å². The maximum absolute atomic E-state index is 12.1. The summed E-state index contributed by atoms with van der Waals surface area (Å²) < 4.78 is -0.295. The molecule has 1 aromatic rings. The van der Waals surface area contributed by atoms with E-state index in [9.17, 15) is 4.79 Å². The van der Waals surface area contributed by atoms with Gasteiger partial charge in [0.2, 0.25) is 5.91 Å². The van der Waals surface area contributed by atoms with Gasteiger partial charge in [-0.1, -0.05) is 0 Å². The molecule has 94 valence electrons. The number of thiol groups is 1. The molecule has 0 spiro atoms. The van der Waals surface area contributed by atoms with Crippen molar-refractivity contribution < 1.29 is 4.79 Å². The summed E-state index contributed by atoms with van der Waals surface area (Å²) in [5.41, 5.74) is 1.05. The first-order chi connectivity index (χ1) is 8.27. The summed E-state index contributed by atoms with van der Waals surface area (Å²) in [6.07, 6.45) is 6.28. The largest absolute Gasteiger partial charge is 0.354 e. The molecule has 1 saturated heterocycles. The lowest BCUT2D eigenvalue weighted by molar-refractivity contribution is -0.122. The Bertz CT molecular complexity index is 361. The van der Waals surface area contributed by atoms with Crippen molar-refractivity contribution in [2.75, 3.05) is 18.1 Å². The zero-order chi connectivity index (χ0) is 12.1. The van der Waals surface area contributed by atoms with E-state index in [1.807, 2.05) is 0 Å². The Morgan fingerprint density at radius 3 is 3.18 bits per heavy atom. The Hall–Kier alpha value is -0.620. The van der Waals surface area contributed by atoms with Crippen LogP contribution in [0.4, 0.5) is 0 Å². The molecule has 1 fully saturated rings. The molecule has 17 heavy (non-hydrogen) atoms. The zero-order valence-corrected chi connectivity index (χ0v) is 11.3. The molecule has 2 N–H and O–H groups in total.